The van der Waals surface area contributed by atoms with Crippen molar-refractivity contribution in [3.8, 4) is 0 Å². The summed E-state index contributed by atoms with van der Waals surface area (Å²) in [5, 5.41) is 2.11. The van der Waals surface area contributed by atoms with Gasteiger partial charge in [-0.2, -0.15) is 13.2 Å². The fourth-order valence-electron chi connectivity index (χ4n) is 3.08. The van der Waals surface area contributed by atoms with E-state index in [1.165, 1.54) is 23.0 Å². The number of hydrogen-bond acceptors (Lipinski definition) is 2. The first-order valence-electron chi connectivity index (χ1n) is 7.85. The van der Waals surface area contributed by atoms with Crippen molar-refractivity contribution in [3.05, 3.63) is 41.7 Å². The lowest BCUT2D eigenvalue weighted by atomic mass is 10.0. The number of rotatable bonds is 4. The molecule has 1 aliphatic carbocycles. The van der Waals surface area contributed by atoms with Gasteiger partial charge in [-0.15, -0.1) is 0 Å². The molecule has 130 valence electrons. The number of amides is 1. The first-order valence-corrected chi connectivity index (χ1v) is 7.85. The molecule has 0 unspecified atom stereocenters. The van der Waals surface area contributed by atoms with Crippen LogP contribution >= 0.6 is 0 Å². The van der Waals surface area contributed by atoms with Crippen LogP contribution in [-0.2, 0) is 31.2 Å². The zero-order valence-corrected chi connectivity index (χ0v) is 13.3. The van der Waals surface area contributed by atoms with Crippen LogP contribution in [0.15, 0.2) is 24.8 Å². The van der Waals surface area contributed by atoms with Gasteiger partial charge < -0.3 is 14.5 Å². The largest absolute Gasteiger partial charge is 0.412 e. The van der Waals surface area contributed by atoms with Crippen molar-refractivity contribution in [1.29, 1.82) is 0 Å². The highest BCUT2D eigenvalue weighted by Gasteiger charge is 2.42. The number of imidazole rings is 1. The second-order valence-electron chi connectivity index (χ2n) is 6.13. The van der Waals surface area contributed by atoms with Crippen LogP contribution in [0.2, 0.25) is 0 Å². The van der Waals surface area contributed by atoms with Crippen LogP contribution in [0.3, 0.4) is 0 Å². The van der Waals surface area contributed by atoms with E-state index < -0.39 is 18.1 Å². The quantitative estimate of drug-likeness (QED) is 0.930. The number of nitrogens with one attached hydrogen (secondary N) is 1. The molecule has 0 saturated heterocycles. The average Bonchev–Trinajstić information content (AvgIpc) is 3.11. The Morgan fingerprint density at radius 3 is 2.79 bits per heavy atom. The number of aromatic nitrogens is 3. The molecule has 0 aromatic carbocycles. The minimum Gasteiger partial charge on any atom is -0.357 e. The summed E-state index contributed by atoms with van der Waals surface area (Å²) < 4.78 is 43.0. The SMILES string of the molecule is Cn1ccc([C@@H](NC(=O)Cn2cnc3c2CCCC3)C(F)(F)F)c1. The zero-order valence-electron chi connectivity index (χ0n) is 13.3. The Kier molecular flexibility index (Phi) is 4.38. The lowest BCUT2D eigenvalue weighted by Crippen LogP contribution is -2.39. The Balaban J connectivity index is 1.73. The maximum absolute atomic E-state index is 13.3. The molecule has 2 aromatic heterocycles. The highest BCUT2D eigenvalue weighted by atomic mass is 19.4. The van der Waals surface area contributed by atoms with Crippen LogP contribution in [-0.4, -0.2) is 26.2 Å². The summed E-state index contributed by atoms with van der Waals surface area (Å²) in [5.74, 6) is -0.674. The second kappa shape index (κ2) is 6.33. The van der Waals surface area contributed by atoms with Crippen LogP contribution < -0.4 is 5.32 Å². The van der Waals surface area contributed by atoms with Gasteiger partial charge in [-0.05, 0) is 31.7 Å². The van der Waals surface area contributed by atoms with Crippen LogP contribution in [0, 0.1) is 0 Å². The summed E-state index contributed by atoms with van der Waals surface area (Å²) in [6.07, 6.45) is 3.61. The van der Waals surface area contributed by atoms with Gasteiger partial charge in [0.2, 0.25) is 5.91 Å². The van der Waals surface area contributed by atoms with Gasteiger partial charge in [0.25, 0.3) is 0 Å². The molecule has 1 aliphatic rings. The molecule has 0 saturated carbocycles. The summed E-state index contributed by atoms with van der Waals surface area (Å²) >= 11 is 0. The molecule has 5 nitrogen and oxygen atoms in total. The van der Waals surface area contributed by atoms with E-state index in [9.17, 15) is 18.0 Å². The topological polar surface area (TPSA) is 51.9 Å². The van der Waals surface area contributed by atoms with E-state index in [0.717, 1.165) is 37.1 Å². The van der Waals surface area contributed by atoms with Crippen molar-refractivity contribution in [3.63, 3.8) is 0 Å². The van der Waals surface area contributed by atoms with Crippen molar-refractivity contribution in [2.24, 2.45) is 7.05 Å². The highest BCUT2D eigenvalue weighted by molar-refractivity contribution is 5.76. The Bertz CT molecular complexity index is 732. The molecule has 1 amide bonds. The fraction of sp³-hybridized carbons (Fsp3) is 0.500. The molecular weight excluding hydrogens is 321 g/mol. The van der Waals surface area contributed by atoms with Gasteiger partial charge in [0, 0.05) is 30.7 Å². The Labute approximate surface area is 137 Å². The van der Waals surface area contributed by atoms with Crippen LogP contribution in [0.25, 0.3) is 0 Å². The predicted octanol–water partition coefficient (Wildman–Crippen LogP) is 2.52. The minimum atomic E-state index is -4.55. The van der Waals surface area contributed by atoms with Crippen molar-refractivity contribution in [1.82, 2.24) is 19.4 Å². The number of carbonyl (C=O) groups excluding carboxylic acids is 1. The first-order chi connectivity index (χ1) is 11.3. The smallest absolute Gasteiger partial charge is 0.357 e. The van der Waals surface area contributed by atoms with Crippen LogP contribution in [0.1, 0.15) is 35.8 Å². The van der Waals surface area contributed by atoms with Gasteiger partial charge in [-0.25, -0.2) is 4.98 Å². The lowest BCUT2D eigenvalue weighted by Gasteiger charge is -2.21. The maximum Gasteiger partial charge on any atom is 0.412 e. The Morgan fingerprint density at radius 1 is 1.38 bits per heavy atom. The van der Waals surface area contributed by atoms with Crippen LogP contribution in [0.4, 0.5) is 13.2 Å². The van der Waals surface area contributed by atoms with Gasteiger partial charge in [-0.3, -0.25) is 4.79 Å². The Morgan fingerprint density at radius 2 is 2.12 bits per heavy atom. The molecule has 0 fully saturated rings. The number of halogens is 3. The average molecular weight is 340 g/mol. The van der Waals surface area contributed by atoms with E-state index in [1.54, 1.807) is 17.9 Å². The fourth-order valence-corrected chi connectivity index (χ4v) is 3.08. The van der Waals surface area contributed by atoms with Crippen LogP contribution in [0.5, 0.6) is 0 Å². The number of aryl methyl sites for hydroxylation is 2. The minimum absolute atomic E-state index is 0.0195. The third-order valence-corrected chi connectivity index (χ3v) is 4.24. The van der Waals surface area contributed by atoms with E-state index >= 15 is 0 Å². The number of nitrogens with zero attached hydrogens (tertiary/aromatic N) is 3. The number of carbonyl (C=O) groups is 1. The van der Waals surface area contributed by atoms with E-state index in [1.807, 2.05) is 0 Å². The molecule has 1 atom stereocenters. The van der Waals surface area contributed by atoms with Crippen molar-refractivity contribution in [2.75, 3.05) is 0 Å². The molecule has 0 aliphatic heterocycles. The molecule has 1 N–H and O–H groups in total. The summed E-state index contributed by atoms with van der Waals surface area (Å²) in [4.78, 5) is 16.4. The lowest BCUT2D eigenvalue weighted by molar-refractivity contribution is -0.163. The van der Waals surface area contributed by atoms with Gasteiger partial charge in [-0.1, -0.05) is 0 Å². The number of fused-ring (bicyclic) bond motifs is 1. The van der Waals surface area contributed by atoms with Gasteiger partial charge >= 0.3 is 6.18 Å². The molecule has 8 heteroatoms. The van der Waals surface area contributed by atoms with Crippen molar-refractivity contribution < 1.29 is 18.0 Å². The zero-order chi connectivity index (χ0) is 17.3. The number of alkyl halides is 3. The molecule has 0 radical (unpaired) electrons. The van der Waals surface area contributed by atoms with E-state index in [0.29, 0.717) is 0 Å². The third kappa shape index (κ3) is 3.47. The monoisotopic (exact) mass is 340 g/mol. The summed E-state index contributed by atoms with van der Waals surface area (Å²) in [6, 6.07) is -0.650. The van der Waals surface area contributed by atoms with Gasteiger partial charge in [0.15, 0.2) is 6.04 Å². The van der Waals surface area contributed by atoms with Crippen molar-refractivity contribution in [2.45, 2.75) is 44.4 Å². The highest BCUT2D eigenvalue weighted by Crippen LogP contribution is 2.32. The summed E-state index contributed by atoms with van der Waals surface area (Å²) in [5.41, 5.74) is 1.93. The predicted molar refractivity (Wildman–Crippen MR) is 81.2 cm³/mol. The second-order valence-corrected chi connectivity index (χ2v) is 6.13. The molecular formula is C16H19F3N4O. The Hall–Kier alpha value is -2.25. The molecule has 0 spiro atoms. The first kappa shape index (κ1) is 16.6. The molecule has 2 heterocycles. The molecule has 3 rings (SSSR count). The van der Waals surface area contributed by atoms with Gasteiger partial charge in [0.05, 0.1) is 12.0 Å². The van der Waals surface area contributed by atoms with E-state index in [2.05, 4.69) is 10.3 Å². The van der Waals surface area contributed by atoms with E-state index in [-0.39, 0.29) is 12.1 Å². The third-order valence-electron chi connectivity index (χ3n) is 4.24. The number of hydrogen-bond donors (Lipinski definition) is 1. The maximum atomic E-state index is 13.3. The summed E-state index contributed by atoms with van der Waals surface area (Å²) in [6.45, 7) is -0.151. The molecule has 24 heavy (non-hydrogen) atoms. The van der Waals surface area contributed by atoms with Gasteiger partial charge in [0.1, 0.15) is 6.54 Å². The van der Waals surface area contributed by atoms with E-state index in [4.69, 9.17) is 0 Å². The molecule has 2 aromatic rings. The normalized spacial score (nSPS) is 15.8. The summed E-state index contributed by atoms with van der Waals surface area (Å²) in [7, 11) is 1.64. The molecule has 0 bridgehead atoms. The standard InChI is InChI=1S/C16H19F3N4O/c1-22-7-6-11(8-22)15(16(17,18)19)21-14(24)9-23-10-20-12-4-2-3-5-13(12)23/h6-8,10,15H,2-5,9H2,1H3,(H,21,24)/t15-/m1/s1. The van der Waals surface area contributed by atoms with Crippen molar-refractivity contribution >= 4 is 5.91 Å².